The van der Waals surface area contributed by atoms with E-state index in [1.807, 2.05) is 30.3 Å². The molecule has 0 unspecified atom stereocenters. The molecule has 8 nitrogen and oxygen atoms in total. The average Bonchev–Trinajstić information content (AvgIpc) is 3.10. The predicted molar refractivity (Wildman–Crippen MR) is 124 cm³/mol. The van der Waals surface area contributed by atoms with Gasteiger partial charge in [0.05, 0.1) is 27.8 Å². The van der Waals surface area contributed by atoms with Gasteiger partial charge in [0, 0.05) is 6.07 Å². The van der Waals surface area contributed by atoms with Gasteiger partial charge in [-0.1, -0.05) is 24.3 Å². The van der Waals surface area contributed by atoms with E-state index < -0.39 is 16.7 Å². The van der Waals surface area contributed by atoms with E-state index in [2.05, 4.69) is 0 Å². The van der Waals surface area contributed by atoms with Crippen molar-refractivity contribution in [2.24, 2.45) is 0 Å². The van der Waals surface area contributed by atoms with Gasteiger partial charge >= 0.3 is 0 Å². The molecule has 34 heavy (non-hydrogen) atoms. The molecule has 0 saturated heterocycles. The lowest BCUT2D eigenvalue weighted by atomic mass is 10.1. The van der Waals surface area contributed by atoms with Crippen LogP contribution in [0, 0.1) is 10.1 Å². The van der Waals surface area contributed by atoms with E-state index in [1.165, 1.54) is 30.3 Å². The van der Waals surface area contributed by atoms with Crippen LogP contribution in [0.15, 0.2) is 97.1 Å². The summed E-state index contributed by atoms with van der Waals surface area (Å²) in [6, 6.07) is 26.1. The molecule has 0 spiro atoms. The van der Waals surface area contributed by atoms with Gasteiger partial charge < -0.3 is 9.47 Å². The van der Waals surface area contributed by atoms with Crippen molar-refractivity contribution in [2.75, 3.05) is 4.90 Å². The van der Waals surface area contributed by atoms with Crippen LogP contribution in [-0.4, -0.2) is 16.7 Å². The van der Waals surface area contributed by atoms with Crippen molar-refractivity contribution >= 4 is 23.2 Å². The molecule has 166 valence electrons. The van der Waals surface area contributed by atoms with Crippen LogP contribution in [0.25, 0.3) is 0 Å². The standard InChI is InChI=1S/C26H16N2O6/c29-25-23-14-13-22(34-21-8-4-5-18(15-21)28(31)32)16-24(23)26(30)27(25)17-9-11-20(12-10-17)33-19-6-2-1-3-7-19/h1-16H. The van der Waals surface area contributed by atoms with E-state index in [1.54, 1.807) is 36.4 Å². The summed E-state index contributed by atoms with van der Waals surface area (Å²) in [5.74, 6) is 0.844. The largest absolute Gasteiger partial charge is 0.457 e. The first-order valence-corrected chi connectivity index (χ1v) is 10.3. The Bertz CT molecular complexity index is 1420. The molecular formula is C26H16N2O6. The predicted octanol–water partition coefficient (Wildman–Crippen LogP) is 5.98. The number of imide groups is 1. The van der Waals surface area contributed by atoms with Crippen LogP contribution in [0.1, 0.15) is 20.7 Å². The number of ether oxygens (including phenoxy) is 2. The maximum Gasteiger partial charge on any atom is 0.273 e. The number of nitro groups is 1. The molecule has 8 heteroatoms. The monoisotopic (exact) mass is 452 g/mol. The van der Waals surface area contributed by atoms with E-state index >= 15 is 0 Å². The fourth-order valence-corrected chi connectivity index (χ4v) is 3.60. The van der Waals surface area contributed by atoms with Gasteiger partial charge in [0.15, 0.2) is 0 Å². The Hall–Kier alpha value is -4.98. The highest BCUT2D eigenvalue weighted by molar-refractivity contribution is 6.34. The summed E-state index contributed by atoms with van der Waals surface area (Å²) < 4.78 is 11.4. The number of benzene rings is 4. The quantitative estimate of drug-likeness (QED) is 0.203. The van der Waals surface area contributed by atoms with Crippen molar-refractivity contribution < 1.29 is 24.0 Å². The number of nitro benzene ring substituents is 1. The van der Waals surface area contributed by atoms with Crippen molar-refractivity contribution in [3.63, 3.8) is 0 Å². The fourth-order valence-electron chi connectivity index (χ4n) is 3.60. The van der Waals surface area contributed by atoms with Crippen molar-refractivity contribution in [3.8, 4) is 23.0 Å². The molecule has 0 aliphatic carbocycles. The van der Waals surface area contributed by atoms with E-state index in [0.29, 0.717) is 17.2 Å². The van der Waals surface area contributed by atoms with Crippen LogP contribution < -0.4 is 14.4 Å². The summed E-state index contributed by atoms with van der Waals surface area (Å²) in [5.41, 5.74) is 0.738. The molecule has 0 bridgehead atoms. The normalized spacial score (nSPS) is 12.4. The Labute approximate surface area is 193 Å². The van der Waals surface area contributed by atoms with Gasteiger partial charge in [0.25, 0.3) is 17.5 Å². The number of nitrogens with zero attached hydrogens (tertiary/aromatic N) is 2. The van der Waals surface area contributed by atoms with Gasteiger partial charge in [-0.2, -0.15) is 0 Å². The first kappa shape index (κ1) is 20.9. The lowest BCUT2D eigenvalue weighted by Gasteiger charge is -2.14. The van der Waals surface area contributed by atoms with Gasteiger partial charge in [-0.25, -0.2) is 4.90 Å². The van der Waals surface area contributed by atoms with Crippen LogP contribution in [0.2, 0.25) is 0 Å². The lowest BCUT2D eigenvalue weighted by molar-refractivity contribution is -0.384. The molecule has 0 fully saturated rings. The highest BCUT2D eigenvalue weighted by Gasteiger charge is 2.37. The second-order valence-corrected chi connectivity index (χ2v) is 7.42. The van der Waals surface area contributed by atoms with Crippen LogP contribution in [0.4, 0.5) is 11.4 Å². The van der Waals surface area contributed by atoms with Gasteiger partial charge in [-0.05, 0) is 60.7 Å². The number of amides is 2. The molecule has 0 N–H and O–H groups in total. The first-order valence-electron chi connectivity index (χ1n) is 10.3. The maximum atomic E-state index is 13.1. The smallest absolute Gasteiger partial charge is 0.273 e. The van der Waals surface area contributed by atoms with Gasteiger partial charge in [0.1, 0.15) is 23.0 Å². The summed E-state index contributed by atoms with van der Waals surface area (Å²) in [6.45, 7) is 0. The molecule has 5 rings (SSSR count). The topological polar surface area (TPSA) is 99.0 Å². The molecule has 0 radical (unpaired) electrons. The van der Waals surface area contributed by atoms with Crippen molar-refractivity contribution in [1.29, 1.82) is 0 Å². The Morgan fingerprint density at radius 2 is 1.21 bits per heavy atom. The Balaban J connectivity index is 1.36. The molecule has 4 aromatic carbocycles. The van der Waals surface area contributed by atoms with Gasteiger partial charge in [0.2, 0.25) is 0 Å². The molecule has 1 aliphatic heterocycles. The zero-order valence-electron chi connectivity index (χ0n) is 17.6. The van der Waals surface area contributed by atoms with Crippen LogP contribution in [0.3, 0.4) is 0 Å². The van der Waals surface area contributed by atoms with Crippen molar-refractivity contribution in [1.82, 2.24) is 0 Å². The zero-order valence-corrected chi connectivity index (χ0v) is 17.6. The highest BCUT2D eigenvalue weighted by Crippen LogP contribution is 2.34. The minimum Gasteiger partial charge on any atom is -0.457 e. The van der Waals surface area contributed by atoms with E-state index in [-0.39, 0.29) is 28.3 Å². The Morgan fingerprint density at radius 3 is 1.94 bits per heavy atom. The Kier molecular flexibility index (Phi) is 5.23. The summed E-state index contributed by atoms with van der Waals surface area (Å²) in [5, 5.41) is 11.0. The molecule has 0 aromatic heterocycles. The lowest BCUT2D eigenvalue weighted by Crippen LogP contribution is -2.29. The number of fused-ring (bicyclic) bond motifs is 1. The number of rotatable bonds is 6. The summed E-state index contributed by atoms with van der Waals surface area (Å²) in [6.07, 6.45) is 0. The molecule has 1 aliphatic rings. The van der Waals surface area contributed by atoms with Crippen LogP contribution in [-0.2, 0) is 0 Å². The summed E-state index contributed by atoms with van der Waals surface area (Å²) in [4.78, 5) is 37.5. The number of non-ortho nitro benzene ring substituents is 1. The third kappa shape index (κ3) is 3.95. The number of hydrogen-bond acceptors (Lipinski definition) is 6. The van der Waals surface area contributed by atoms with Gasteiger partial charge in [-0.15, -0.1) is 0 Å². The van der Waals surface area contributed by atoms with E-state index in [0.717, 1.165) is 4.90 Å². The molecule has 0 saturated carbocycles. The number of anilines is 1. The SMILES string of the molecule is O=C1c2ccc(Oc3cccc([N+](=O)[O-])c3)cc2C(=O)N1c1ccc(Oc2ccccc2)cc1. The average molecular weight is 452 g/mol. The van der Waals surface area contributed by atoms with Crippen molar-refractivity contribution in [3.05, 3.63) is 118 Å². The number of hydrogen-bond donors (Lipinski definition) is 0. The molecule has 4 aromatic rings. The van der Waals surface area contributed by atoms with Gasteiger partial charge in [-0.3, -0.25) is 19.7 Å². The zero-order chi connectivity index (χ0) is 23.7. The maximum absolute atomic E-state index is 13.1. The molecular weight excluding hydrogens is 436 g/mol. The molecule has 2 amide bonds. The molecule has 0 atom stereocenters. The number of para-hydroxylation sites is 1. The minimum absolute atomic E-state index is 0.115. The van der Waals surface area contributed by atoms with Crippen LogP contribution in [0.5, 0.6) is 23.0 Å². The van der Waals surface area contributed by atoms with E-state index in [4.69, 9.17) is 9.47 Å². The Morgan fingerprint density at radius 1 is 0.618 bits per heavy atom. The summed E-state index contributed by atoms with van der Waals surface area (Å²) >= 11 is 0. The summed E-state index contributed by atoms with van der Waals surface area (Å²) in [7, 11) is 0. The third-order valence-corrected chi connectivity index (χ3v) is 5.20. The van der Waals surface area contributed by atoms with Crippen LogP contribution >= 0.6 is 0 Å². The fraction of sp³-hybridized carbons (Fsp3) is 0. The molecule has 1 heterocycles. The number of carbonyl (C=O) groups is 2. The van der Waals surface area contributed by atoms with Crippen molar-refractivity contribution in [2.45, 2.75) is 0 Å². The number of carbonyl (C=O) groups excluding carboxylic acids is 2. The second-order valence-electron chi connectivity index (χ2n) is 7.42. The second kappa shape index (κ2) is 8.51. The van der Waals surface area contributed by atoms with E-state index in [9.17, 15) is 19.7 Å². The first-order chi connectivity index (χ1) is 16.5. The minimum atomic E-state index is -0.522. The third-order valence-electron chi connectivity index (χ3n) is 5.20. The highest BCUT2D eigenvalue weighted by atomic mass is 16.6.